The molecule has 0 spiro atoms. The van der Waals surface area contributed by atoms with Crippen molar-refractivity contribution in [1.82, 2.24) is 10.3 Å². The molecule has 0 amide bonds. The lowest BCUT2D eigenvalue weighted by Crippen LogP contribution is -2.38. The van der Waals surface area contributed by atoms with Gasteiger partial charge in [-0.1, -0.05) is 6.92 Å². The third-order valence-electron chi connectivity index (χ3n) is 2.24. The van der Waals surface area contributed by atoms with Gasteiger partial charge in [-0.3, -0.25) is 4.98 Å². The number of hydrogen-bond acceptors (Lipinski definition) is 2. The van der Waals surface area contributed by atoms with Gasteiger partial charge < -0.3 is 11.1 Å². The Kier molecular flexibility index (Phi) is 4.69. The number of rotatable bonds is 4. The highest BCUT2D eigenvalue weighted by Gasteiger charge is 2.02. The SMILES string of the molecule is CCC(C)NC(N)=NCc1ncccc1F. The number of aromatic nitrogens is 1. The molecule has 1 aromatic heterocycles. The molecule has 0 aliphatic heterocycles. The summed E-state index contributed by atoms with van der Waals surface area (Å²) in [7, 11) is 0. The van der Waals surface area contributed by atoms with E-state index in [4.69, 9.17) is 5.73 Å². The topological polar surface area (TPSA) is 63.3 Å². The lowest BCUT2D eigenvalue weighted by molar-refractivity contribution is 0.598. The van der Waals surface area contributed by atoms with Gasteiger partial charge in [0.2, 0.25) is 0 Å². The van der Waals surface area contributed by atoms with Crippen molar-refractivity contribution in [3.63, 3.8) is 0 Å². The van der Waals surface area contributed by atoms with E-state index in [9.17, 15) is 4.39 Å². The number of guanidine groups is 1. The van der Waals surface area contributed by atoms with E-state index in [-0.39, 0.29) is 18.4 Å². The number of halogens is 1. The Labute approximate surface area is 94.8 Å². The van der Waals surface area contributed by atoms with Crippen LogP contribution in [0.15, 0.2) is 23.3 Å². The molecule has 0 saturated carbocycles. The van der Waals surface area contributed by atoms with E-state index in [1.165, 1.54) is 12.3 Å². The van der Waals surface area contributed by atoms with Gasteiger partial charge in [0.1, 0.15) is 5.82 Å². The van der Waals surface area contributed by atoms with Crippen LogP contribution in [0.25, 0.3) is 0 Å². The van der Waals surface area contributed by atoms with Gasteiger partial charge in [0.15, 0.2) is 5.96 Å². The van der Waals surface area contributed by atoms with E-state index in [0.717, 1.165) is 6.42 Å². The molecule has 16 heavy (non-hydrogen) atoms. The van der Waals surface area contributed by atoms with Gasteiger partial charge in [-0.25, -0.2) is 9.38 Å². The number of hydrogen-bond donors (Lipinski definition) is 2. The van der Waals surface area contributed by atoms with Crippen molar-refractivity contribution >= 4 is 5.96 Å². The minimum Gasteiger partial charge on any atom is -0.370 e. The molecule has 1 unspecified atom stereocenters. The van der Waals surface area contributed by atoms with Crippen LogP contribution in [-0.2, 0) is 6.54 Å². The molecule has 0 saturated heterocycles. The summed E-state index contributed by atoms with van der Waals surface area (Å²) in [6.07, 6.45) is 2.49. The third-order valence-corrected chi connectivity index (χ3v) is 2.24. The lowest BCUT2D eigenvalue weighted by Gasteiger charge is -2.11. The van der Waals surface area contributed by atoms with Crippen molar-refractivity contribution in [1.29, 1.82) is 0 Å². The molecule has 1 heterocycles. The average molecular weight is 224 g/mol. The van der Waals surface area contributed by atoms with Gasteiger partial charge in [-0.15, -0.1) is 0 Å². The van der Waals surface area contributed by atoms with Crippen LogP contribution in [0.1, 0.15) is 26.0 Å². The first-order valence-electron chi connectivity index (χ1n) is 5.29. The van der Waals surface area contributed by atoms with Crippen LogP contribution in [0.2, 0.25) is 0 Å². The van der Waals surface area contributed by atoms with E-state index >= 15 is 0 Å². The Morgan fingerprint density at radius 2 is 2.44 bits per heavy atom. The molecule has 0 bridgehead atoms. The predicted octanol–water partition coefficient (Wildman–Crippen LogP) is 1.42. The van der Waals surface area contributed by atoms with Crippen molar-refractivity contribution in [3.05, 3.63) is 29.8 Å². The molecular formula is C11H17FN4. The summed E-state index contributed by atoms with van der Waals surface area (Å²) in [6, 6.07) is 3.16. The van der Waals surface area contributed by atoms with Crippen LogP contribution in [0, 0.1) is 5.82 Å². The number of pyridine rings is 1. The Bertz CT molecular complexity index is 365. The average Bonchev–Trinajstić information content (AvgIpc) is 2.28. The fourth-order valence-corrected chi connectivity index (χ4v) is 1.09. The van der Waals surface area contributed by atoms with E-state index in [1.807, 2.05) is 13.8 Å². The highest BCUT2D eigenvalue weighted by molar-refractivity contribution is 5.78. The summed E-state index contributed by atoms with van der Waals surface area (Å²) in [6.45, 7) is 4.20. The highest BCUT2D eigenvalue weighted by Crippen LogP contribution is 2.03. The zero-order valence-electron chi connectivity index (χ0n) is 9.57. The number of nitrogens with two attached hydrogens (primary N) is 1. The van der Waals surface area contributed by atoms with Crippen molar-refractivity contribution in [2.24, 2.45) is 10.7 Å². The Morgan fingerprint density at radius 1 is 1.69 bits per heavy atom. The molecule has 4 nitrogen and oxygen atoms in total. The van der Waals surface area contributed by atoms with Gasteiger partial charge in [-0.2, -0.15) is 0 Å². The number of aliphatic imine (C=N–C) groups is 1. The third kappa shape index (κ3) is 3.84. The predicted molar refractivity (Wildman–Crippen MR) is 62.4 cm³/mol. The quantitative estimate of drug-likeness (QED) is 0.600. The number of nitrogens with one attached hydrogen (secondary N) is 1. The fraction of sp³-hybridized carbons (Fsp3) is 0.455. The summed E-state index contributed by atoms with van der Waals surface area (Å²) in [5, 5.41) is 3.00. The summed E-state index contributed by atoms with van der Waals surface area (Å²) in [5.74, 6) is -0.0398. The normalized spacial score (nSPS) is 13.6. The van der Waals surface area contributed by atoms with Gasteiger partial charge >= 0.3 is 0 Å². The van der Waals surface area contributed by atoms with E-state index < -0.39 is 0 Å². The van der Waals surface area contributed by atoms with Crippen LogP contribution < -0.4 is 11.1 Å². The zero-order valence-corrected chi connectivity index (χ0v) is 9.57. The molecule has 1 aromatic rings. The standard InChI is InChI=1S/C11H17FN4/c1-3-8(2)16-11(13)15-7-10-9(12)5-4-6-14-10/h4-6,8H,3,7H2,1-2H3,(H3,13,15,16). The summed E-state index contributed by atoms with van der Waals surface area (Å²) < 4.78 is 13.2. The maximum atomic E-state index is 13.2. The van der Waals surface area contributed by atoms with Crippen LogP contribution >= 0.6 is 0 Å². The maximum absolute atomic E-state index is 13.2. The first-order valence-corrected chi connectivity index (χ1v) is 5.29. The van der Waals surface area contributed by atoms with Gasteiger partial charge in [0, 0.05) is 12.2 Å². The van der Waals surface area contributed by atoms with E-state index in [1.54, 1.807) is 6.07 Å². The summed E-state index contributed by atoms with van der Waals surface area (Å²) >= 11 is 0. The van der Waals surface area contributed by atoms with Crippen LogP contribution in [0.3, 0.4) is 0 Å². The summed E-state index contributed by atoms with van der Waals surface area (Å²) in [4.78, 5) is 7.91. The van der Waals surface area contributed by atoms with Crippen molar-refractivity contribution in [3.8, 4) is 0 Å². The molecule has 1 atom stereocenters. The first kappa shape index (κ1) is 12.4. The zero-order chi connectivity index (χ0) is 12.0. The molecule has 88 valence electrons. The van der Waals surface area contributed by atoms with E-state index in [2.05, 4.69) is 15.3 Å². The molecule has 0 aliphatic carbocycles. The summed E-state index contributed by atoms with van der Waals surface area (Å²) in [5.41, 5.74) is 5.94. The van der Waals surface area contributed by atoms with Gasteiger partial charge in [0.05, 0.1) is 12.2 Å². The van der Waals surface area contributed by atoms with Crippen LogP contribution in [0.5, 0.6) is 0 Å². The second kappa shape index (κ2) is 6.05. The second-order valence-electron chi connectivity index (χ2n) is 3.59. The Morgan fingerprint density at radius 3 is 3.06 bits per heavy atom. The van der Waals surface area contributed by atoms with E-state index in [0.29, 0.717) is 11.7 Å². The fourth-order valence-electron chi connectivity index (χ4n) is 1.09. The van der Waals surface area contributed by atoms with Crippen molar-refractivity contribution in [2.45, 2.75) is 32.9 Å². The maximum Gasteiger partial charge on any atom is 0.189 e. The molecule has 0 aliphatic rings. The molecular weight excluding hydrogens is 207 g/mol. The second-order valence-corrected chi connectivity index (χ2v) is 3.59. The minimum atomic E-state index is -0.359. The molecule has 0 aromatic carbocycles. The molecule has 5 heteroatoms. The minimum absolute atomic E-state index is 0.155. The molecule has 3 N–H and O–H groups in total. The van der Waals surface area contributed by atoms with Crippen molar-refractivity contribution < 1.29 is 4.39 Å². The van der Waals surface area contributed by atoms with Gasteiger partial charge in [-0.05, 0) is 25.5 Å². The van der Waals surface area contributed by atoms with Crippen LogP contribution in [0.4, 0.5) is 4.39 Å². The van der Waals surface area contributed by atoms with Crippen molar-refractivity contribution in [2.75, 3.05) is 0 Å². The largest absolute Gasteiger partial charge is 0.370 e. The first-order chi connectivity index (χ1) is 7.63. The molecule has 0 fully saturated rings. The Balaban J connectivity index is 2.56. The molecule has 1 rings (SSSR count). The van der Waals surface area contributed by atoms with Gasteiger partial charge in [0.25, 0.3) is 0 Å². The lowest BCUT2D eigenvalue weighted by atomic mass is 10.3. The number of nitrogens with zero attached hydrogens (tertiary/aromatic N) is 2. The highest BCUT2D eigenvalue weighted by atomic mass is 19.1. The Hall–Kier alpha value is -1.65. The van der Waals surface area contributed by atoms with Crippen LogP contribution in [-0.4, -0.2) is 17.0 Å². The monoisotopic (exact) mass is 224 g/mol. The smallest absolute Gasteiger partial charge is 0.189 e. The molecule has 0 radical (unpaired) electrons.